The van der Waals surface area contributed by atoms with Crippen LogP contribution in [0, 0.1) is 18.6 Å². The zero-order valence-electron chi connectivity index (χ0n) is 10.1. The molecule has 1 aromatic rings. The molecule has 18 heavy (non-hydrogen) atoms. The summed E-state index contributed by atoms with van der Waals surface area (Å²) in [5.74, 6) is -1.96. The van der Waals surface area contributed by atoms with Crippen molar-refractivity contribution >= 4 is 5.91 Å². The summed E-state index contributed by atoms with van der Waals surface area (Å²) in [6.07, 6.45) is 2.57. The normalized spacial score (nSPS) is 17.8. The predicted molar refractivity (Wildman–Crippen MR) is 61.2 cm³/mol. The Hall–Kier alpha value is -1.49. The molecule has 0 atom stereocenters. The number of hydrogen-bond donors (Lipinski definition) is 2. The summed E-state index contributed by atoms with van der Waals surface area (Å²) in [5.41, 5.74) is 1.22. The Morgan fingerprint density at radius 1 is 1.33 bits per heavy atom. The topological polar surface area (TPSA) is 49.3 Å². The van der Waals surface area contributed by atoms with Crippen LogP contribution in [0.4, 0.5) is 8.78 Å². The van der Waals surface area contributed by atoms with Gasteiger partial charge in [0.15, 0.2) is 0 Å². The molecular weight excluding hydrogens is 240 g/mol. The second-order valence-electron chi connectivity index (χ2n) is 4.79. The monoisotopic (exact) mass is 255 g/mol. The first-order chi connectivity index (χ1) is 8.51. The standard InChI is InChI=1S/C13H15F2NO2/c1-8-10(6-9(14)7-11(8)15)13(12(17)16-18)4-2-3-5-13/h6-7,18H,2-5H2,1H3,(H,16,17). The minimum Gasteiger partial charge on any atom is -0.289 e. The van der Waals surface area contributed by atoms with Crippen molar-refractivity contribution in [2.45, 2.75) is 38.0 Å². The van der Waals surface area contributed by atoms with Crippen LogP contribution in [-0.2, 0) is 10.2 Å². The zero-order chi connectivity index (χ0) is 13.3. The van der Waals surface area contributed by atoms with Gasteiger partial charge in [-0.15, -0.1) is 0 Å². The zero-order valence-corrected chi connectivity index (χ0v) is 10.1. The highest BCUT2D eigenvalue weighted by atomic mass is 19.1. The molecule has 0 heterocycles. The van der Waals surface area contributed by atoms with E-state index in [1.54, 1.807) is 5.48 Å². The van der Waals surface area contributed by atoms with Crippen LogP contribution in [0.1, 0.15) is 36.8 Å². The molecule has 3 nitrogen and oxygen atoms in total. The number of rotatable bonds is 2. The lowest BCUT2D eigenvalue weighted by Gasteiger charge is -2.28. The van der Waals surface area contributed by atoms with E-state index in [1.165, 1.54) is 13.0 Å². The molecule has 5 heteroatoms. The van der Waals surface area contributed by atoms with Crippen LogP contribution < -0.4 is 5.48 Å². The van der Waals surface area contributed by atoms with E-state index in [1.807, 2.05) is 0 Å². The van der Waals surface area contributed by atoms with Crippen LogP contribution in [0.15, 0.2) is 12.1 Å². The maximum Gasteiger partial charge on any atom is 0.253 e. The molecule has 0 aliphatic heterocycles. The summed E-state index contributed by atoms with van der Waals surface area (Å²) in [6, 6.07) is 2.00. The molecule has 1 amide bonds. The van der Waals surface area contributed by atoms with Gasteiger partial charge in [0.05, 0.1) is 5.41 Å². The number of carbonyl (C=O) groups is 1. The molecule has 2 rings (SSSR count). The van der Waals surface area contributed by atoms with Gasteiger partial charge in [0.1, 0.15) is 11.6 Å². The molecular formula is C13H15F2NO2. The van der Waals surface area contributed by atoms with Crippen molar-refractivity contribution in [2.24, 2.45) is 0 Å². The van der Waals surface area contributed by atoms with Gasteiger partial charge in [0, 0.05) is 6.07 Å². The minimum atomic E-state index is -1.01. The maximum absolute atomic E-state index is 13.6. The number of hydrogen-bond acceptors (Lipinski definition) is 2. The largest absolute Gasteiger partial charge is 0.289 e. The fourth-order valence-corrected chi connectivity index (χ4v) is 2.85. The number of benzene rings is 1. The van der Waals surface area contributed by atoms with Crippen LogP contribution >= 0.6 is 0 Å². The van der Waals surface area contributed by atoms with Crippen LogP contribution in [0.5, 0.6) is 0 Å². The molecule has 1 aliphatic carbocycles. The van der Waals surface area contributed by atoms with Crippen molar-refractivity contribution in [3.63, 3.8) is 0 Å². The van der Waals surface area contributed by atoms with E-state index in [4.69, 9.17) is 5.21 Å². The second kappa shape index (κ2) is 4.65. The number of amides is 1. The predicted octanol–water partition coefficient (Wildman–Crippen LogP) is 2.59. The van der Waals surface area contributed by atoms with Crippen molar-refractivity contribution in [1.82, 2.24) is 5.48 Å². The SMILES string of the molecule is Cc1c(F)cc(F)cc1C1(C(=O)NO)CCCC1. The van der Waals surface area contributed by atoms with Gasteiger partial charge in [0.25, 0.3) is 5.91 Å². The van der Waals surface area contributed by atoms with Crippen molar-refractivity contribution in [3.8, 4) is 0 Å². The van der Waals surface area contributed by atoms with Gasteiger partial charge in [-0.1, -0.05) is 12.8 Å². The fourth-order valence-electron chi connectivity index (χ4n) is 2.85. The average Bonchev–Trinajstić information content (AvgIpc) is 2.83. The number of halogens is 2. The van der Waals surface area contributed by atoms with E-state index in [0.717, 1.165) is 18.9 Å². The Kier molecular flexibility index (Phi) is 3.34. The maximum atomic E-state index is 13.6. The van der Waals surface area contributed by atoms with E-state index >= 15 is 0 Å². The van der Waals surface area contributed by atoms with Gasteiger partial charge < -0.3 is 0 Å². The van der Waals surface area contributed by atoms with Crippen molar-refractivity contribution in [3.05, 3.63) is 34.9 Å². The average molecular weight is 255 g/mol. The van der Waals surface area contributed by atoms with Gasteiger partial charge in [0.2, 0.25) is 0 Å². The molecule has 0 unspecified atom stereocenters. The molecule has 1 saturated carbocycles. The summed E-state index contributed by atoms with van der Waals surface area (Å²) < 4.78 is 27.0. The summed E-state index contributed by atoms with van der Waals surface area (Å²) in [6.45, 7) is 1.52. The molecule has 2 N–H and O–H groups in total. The Labute approximate surface area is 104 Å². The number of nitrogens with one attached hydrogen (secondary N) is 1. The van der Waals surface area contributed by atoms with Crippen LogP contribution in [0.2, 0.25) is 0 Å². The van der Waals surface area contributed by atoms with Crippen LogP contribution in [0.3, 0.4) is 0 Å². The summed E-state index contributed by atoms with van der Waals surface area (Å²) in [7, 11) is 0. The highest BCUT2D eigenvalue weighted by Crippen LogP contribution is 2.43. The van der Waals surface area contributed by atoms with E-state index in [9.17, 15) is 13.6 Å². The van der Waals surface area contributed by atoms with Gasteiger partial charge in [-0.05, 0) is 37.0 Å². The van der Waals surface area contributed by atoms with Crippen molar-refractivity contribution < 1.29 is 18.8 Å². The minimum absolute atomic E-state index is 0.266. The molecule has 0 spiro atoms. The Morgan fingerprint density at radius 3 is 2.50 bits per heavy atom. The number of hydroxylamine groups is 1. The van der Waals surface area contributed by atoms with Gasteiger partial charge in [-0.25, -0.2) is 14.3 Å². The van der Waals surface area contributed by atoms with Gasteiger partial charge in [-0.3, -0.25) is 10.0 Å². The lowest BCUT2D eigenvalue weighted by atomic mass is 9.76. The van der Waals surface area contributed by atoms with E-state index < -0.39 is 23.0 Å². The lowest BCUT2D eigenvalue weighted by Crippen LogP contribution is -2.41. The Morgan fingerprint density at radius 2 is 1.94 bits per heavy atom. The quantitative estimate of drug-likeness (QED) is 0.630. The van der Waals surface area contributed by atoms with E-state index in [-0.39, 0.29) is 5.56 Å². The molecule has 1 fully saturated rings. The molecule has 1 aromatic carbocycles. The molecule has 0 bridgehead atoms. The van der Waals surface area contributed by atoms with Crippen LogP contribution in [-0.4, -0.2) is 11.1 Å². The summed E-state index contributed by atoms with van der Waals surface area (Å²) in [5, 5.41) is 8.86. The van der Waals surface area contributed by atoms with Crippen molar-refractivity contribution in [1.29, 1.82) is 0 Å². The highest BCUT2D eigenvalue weighted by Gasteiger charge is 2.44. The third-order valence-corrected chi connectivity index (χ3v) is 3.82. The Balaban J connectivity index is 2.60. The molecule has 1 aliphatic rings. The smallest absolute Gasteiger partial charge is 0.253 e. The Bertz CT molecular complexity index is 482. The summed E-state index contributed by atoms with van der Waals surface area (Å²) >= 11 is 0. The number of carbonyl (C=O) groups excluding carboxylic acids is 1. The third kappa shape index (κ3) is 1.88. The molecule has 98 valence electrons. The fraction of sp³-hybridized carbons (Fsp3) is 0.462. The first kappa shape index (κ1) is 13.0. The third-order valence-electron chi connectivity index (χ3n) is 3.82. The van der Waals surface area contributed by atoms with Crippen molar-refractivity contribution in [2.75, 3.05) is 0 Å². The first-order valence-corrected chi connectivity index (χ1v) is 5.92. The van der Waals surface area contributed by atoms with Crippen LogP contribution in [0.25, 0.3) is 0 Å². The van der Waals surface area contributed by atoms with Gasteiger partial charge in [-0.2, -0.15) is 0 Å². The molecule has 0 aromatic heterocycles. The highest BCUT2D eigenvalue weighted by molar-refractivity contribution is 5.88. The first-order valence-electron chi connectivity index (χ1n) is 5.92. The summed E-state index contributed by atoms with van der Waals surface area (Å²) in [4.78, 5) is 11.9. The second-order valence-corrected chi connectivity index (χ2v) is 4.79. The lowest BCUT2D eigenvalue weighted by molar-refractivity contribution is -0.135. The van der Waals surface area contributed by atoms with Gasteiger partial charge >= 0.3 is 0 Å². The van der Waals surface area contributed by atoms with E-state index in [0.29, 0.717) is 18.4 Å². The van der Waals surface area contributed by atoms with E-state index in [2.05, 4.69) is 0 Å². The molecule has 0 radical (unpaired) electrons. The molecule has 0 saturated heterocycles.